The molecule has 16 heavy (non-hydrogen) atoms. The van der Waals surface area contributed by atoms with Crippen LogP contribution in [0.2, 0.25) is 0 Å². The Morgan fingerprint density at radius 1 is 1.25 bits per heavy atom. The number of hydrogen-bond donors (Lipinski definition) is 0. The Morgan fingerprint density at radius 3 is 2.69 bits per heavy atom. The van der Waals surface area contributed by atoms with E-state index in [9.17, 15) is 0 Å². The highest BCUT2D eigenvalue weighted by atomic mass is 79.9. The zero-order valence-electron chi connectivity index (χ0n) is 8.04. The van der Waals surface area contributed by atoms with Crippen LogP contribution in [0.25, 0.3) is 10.6 Å². The van der Waals surface area contributed by atoms with E-state index in [1.807, 2.05) is 0 Å². The topological polar surface area (TPSA) is 25.8 Å². The molecule has 0 aliphatic heterocycles. The number of hydrogen-bond acceptors (Lipinski definition) is 4. The second-order valence-electron chi connectivity index (χ2n) is 3.03. The van der Waals surface area contributed by atoms with Gasteiger partial charge >= 0.3 is 0 Å². The summed E-state index contributed by atoms with van der Waals surface area (Å²) in [5, 5.41) is 10.4. The highest BCUT2D eigenvalue weighted by Crippen LogP contribution is 2.39. The molecule has 7 heteroatoms. The summed E-state index contributed by atoms with van der Waals surface area (Å²) < 4.78 is 2.17. The first kappa shape index (κ1) is 13.0. The van der Waals surface area contributed by atoms with Gasteiger partial charge in [-0.15, -0.1) is 33.1 Å². The summed E-state index contributed by atoms with van der Waals surface area (Å²) in [4.78, 5) is 0. The predicted octanol–water partition coefficient (Wildman–Crippen LogP) is 4.96. The molecule has 0 unspecified atom stereocenters. The van der Waals surface area contributed by atoms with Gasteiger partial charge in [-0.2, -0.15) is 0 Å². The predicted molar refractivity (Wildman–Crippen MR) is 77.7 cm³/mol. The van der Waals surface area contributed by atoms with E-state index in [0.717, 1.165) is 36.0 Å². The Morgan fingerprint density at radius 2 is 2.06 bits per heavy atom. The minimum Gasteiger partial charge on any atom is -0.143 e. The van der Waals surface area contributed by atoms with E-state index in [1.165, 1.54) is 0 Å². The number of aryl methyl sites for hydroxylation is 1. The summed E-state index contributed by atoms with van der Waals surface area (Å²) in [6.07, 6.45) is 1.86. The van der Waals surface area contributed by atoms with Gasteiger partial charge in [0.25, 0.3) is 0 Å². The molecule has 0 amide bonds. The third-order valence-electron chi connectivity index (χ3n) is 1.88. The van der Waals surface area contributed by atoms with Crippen molar-refractivity contribution in [1.29, 1.82) is 0 Å². The van der Waals surface area contributed by atoms with Crippen molar-refractivity contribution in [3.63, 3.8) is 0 Å². The van der Waals surface area contributed by atoms with Gasteiger partial charge in [0, 0.05) is 17.9 Å². The Hall–Kier alpha value is 0.510. The molecule has 0 spiro atoms. The van der Waals surface area contributed by atoms with Crippen molar-refractivity contribution < 1.29 is 0 Å². The molecule has 0 N–H and O–H groups in total. The molecule has 2 heterocycles. The van der Waals surface area contributed by atoms with Crippen molar-refractivity contribution in [2.45, 2.75) is 12.8 Å². The number of nitrogens with zero attached hydrogens (tertiary/aromatic N) is 2. The SMILES string of the molecule is ClCCCc1nnc(-c2cc(Br)sc2Br)s1. The molecule has 0 aromatic carbocycles. The lowest BCUT2D eigenvalue weighted by Crippen LogP contribution is -1.84. The zero-order valence-corrected chi connectivity index (χ0v) is 13.6. The average molecular weight is 403 g/mol. The fourth-order valence-electron chi connectivity index (χ4n) is 1.17. The molecule has 0 bridgehead atoms. The number of alkyl halides is 1. The molecule has 2 aromatic heterocycles. The molecule has 2 aromatic rings. The maximum absolute atomic E-state index is 5.65. The van der Waals surface area contributed by atoms with Crippen LogP contribution in [0.5, 0.6) is 0 Å². The minimum absolute atomic E-state index is 0.669. The van der Waals surface area contributed by atoms with E-state index in [0.29, 0.717) is 5.88 Å². The van der Waals surface area contributed by atoms with Crippen molar-refractivity contribution in [3.8, 4) is 10.6 Å². The molecule has 0 fully saturated rings. The molecule has 86 valence electrons. The molecule has 0 atom stereocenters. The molecule has 2 nitrogen and oxygen atoms in total. The molecule has 0 saturated heterocycles. The summed E-state index contributed by atoms with van der Waals surface area (Å²) in [7, 11) is 0. The molecule has 0 aliphatic rings. The highest BCUT2D eigenvalue weighted by molar-refractivity contribution is 9.12. The van der Waals surface area contributed by atoms with Crippen molar-refractivity contribution >= 4 is 66.1 Å². The molecule has 0 radical (unpaired) electrons. The maximum Gasteiger partial charge on any atom is 0.149 e. The first-order chi connectivity index (χ1) is 7.70. The first-order valence-corrected chi connectivity index (χ1v) is 8.29. The van der Waals surface area contributed by atoms with E-state index in [-0.39, 0.29) is 0 Å². The van der Waals surface area contributed by atoms with Crippen molar-refractivity contribution in [1.82, 2.24) is 10.2 Å². The van der Waals surface area contributed by atoms with Gasteiger partial charge in [-0.25, -0.2) is 0 Å². The van der Waals surface area contributed by atoms with Crippen LogP contribution in [-0.2, 0) is 6.42 Å². The number of halogens is 3. The van der Waals surface area contributed by atoms with Gasteiger partial charge in [-0.1, -0.05) is 11.3 Å². The third kappa shape index (κ3) is 3.04. The van der Waals surface area contributed by atoms with Crippen molar-refractivity contribution in [2.75, 3.05) is 5.88 Å². The lowest BCUT2D eigenvalue weighted by Gasteiger charge is -1.89. The van der Waals surface area contributed by atoms with Crippen LogP contribution in [0.15, 0.2) is 13.6 Å². The Labute approximate surface area is 123 Å². The van der Waals surface area contributed by atoms with Gasteiger partial charge in [0.2, 0.25) is 0 Å². The molecule has 0 aliphatic carbocycles. The lowest BCUT2D eigenvalue weighted by molar-refractivity contribution is 0.884. The van der Waals surface area contributed by atoms with Crippen LogP contribution in [0, 0.1) is 0 Å². The fraction of sp³-hybridized carbons (Fsp3) is 0.333. The third-order valence-corrected chi connectivity index (χ3v) is 5.50. The minimum atomic E-state index is 0.669. The van der Waals surface area contributed by atoms with E-state index >= 15 is 0 Å². The summed E-state index contributed by atoms with van der Waals surface area (Å²) in [5.41, 5.74) is 1.10. The van der Waals surface area contributed by atoms with E-state index in [4.69, 9.17) is 11.6 Å². The monoisotopic (exact) mass is 400 g/mol. The van der Waals surface area contributed by atoms with Gasteiger partial charge in [0.1, 0.15) is 10.0 Å². The summed E-state index contributed by atoms with van der Waals surface area (Å²) in [6.45, 7) is 0. The average Bonchev–Trinajstić information content (AvgIpc) is 2.82. The van der Waals surface area contributed by atoms with Gasteiger partial charge in [0.15, 0.2) is 0 Å². The largest absolute Gasteiger partial charge is 0.149 e. The molecular formula is C9H7Br2ClN2S2. The number of rotatable bonds is 4. The Kier molecular flexibility index (Phi) is 4.78. The van der Waals surface area contributed by atoms with Crippen LogP contribution in [0.4, 0.5) is 0 Å². The first-order valence-electron chi connectivity index (χ1n) is 4.54. The smallest absolute Gasteiger partial charge is 0.143 e. The number of thiophene rings is 1. The quantitative estimate of drug-likeness (QED) is 0.675. The second-order valence-corrected chi connectivity index (χ2v) is 8.22. The van der Waals surface area contributed by atoms with E-state index in [2.05, 4.69) is 48.1 Å². The maximum atomic E-state index is 5.65. The Balaban J connectivity index is 2.21. The normalized spacial score (nSPS) is 10.9. The van der Waals surface area contributed by atoms with Crippen LogP contribution in [-0.4, -0.2) is 16.1 Å². The van der Waals surface area contributed by atoms with Gasteiger partial charge in [-0.05, 0) is 44.3 Å². The molecule has 0 saturated carbocycles. The fourth-order valence-corrected chi connectivity index (χ4v) is 5.21. The highest BCUT2D eigenvalue weighted by Gasteiger charge is 2.12. The summed E-state index contributed by atoms with van der Waals surface area (Å²) in [6, 6.07) is 2.06. The van der Waals surface area contributed by atoms with E-state index in [1.54, 1.807) is 22.7 Å². The van der Waals surface area contributed by atoms with Crippen LogP contribution in [0.1, 0.15) is 11.4 Å². The van der Waals surface area contributed by atoms with Crippen LogP contribution >= 0.6 is 66.1 Å². The van der Waals surface area contributed by atoms with Gasteiger partial charge in [-0.3, -0.25) is 0 Å². The van der Waals surface area contributed by atoms with Crippen LogP contribution in [0.3, 0.4) is 0 Å². The van der Waals surface area contributed by atoms with Crippen molar-refractivity contribution in [2.24, 2.45) is 0 Å². The van der Waals surface area contributed by atoms with E-state index < -0.39 is 0 Å². The number of aromatic nitrogens is 2. The van der Waals surface area contributed by atoms with Gasteiger partial charge in [0.05, 0.1) is 7.57 Å². The summed E-state index contributed by atoms with van der Waals surface area (Å²) in [5.74, 6) is 0.669. The summed E-state index contributed by atoms with van der Waals surface area (Å²) >= 11 is 15.9. The molecule has 2 rings (SSSR count). The van der Waals surface area contributed by atoms with Crippen LogP contribution < -0.4 is 0 Å². The van der Waals surface area contributed by atoms with Crippen molar-refractivity contribution in [3.05, 3.63) is 18.6 Å². The zero-order chi connectivity index (χ0) is 11.5. The van der Waals surface area contributed by atoms with Gasteiger partial charge < -0.3 is 0 Å². The molecular weight excluding hydrogens is 396 g/mol. The lowest BCUT2D eigenvalue weighted by atomic mass is 10.4. The second kappa shape index (κ2) is 5.91. The Bertz CT molecular complexity index is 484. The standard InChI is InChI=1S/C9H7Br2ClN2S2/c10-6-4-5(8(11)15-6)9-14-13-7(16-9)2-1-3-12/h4H,1-3H2.